The lowest BCUT2D eigenvalue weighted by atomic mass is 10.3. The van der Waals surface area contributed by atoms with Crippen molar-refractivity contribution in [3.05, 3.63) is 18.2 Å². The van der Waals surface area contributed by atoms with Gasteiger partial charge in [-0.2, -0.15) is 0 Å². The van der Waals surface area contributed by atoms with Gasteiger partial charge in [-0.05, 0) is 6.42 Å². The predicted octanol–water partition coefficient (Wildman–Crippen LogP) is 0.535. The Hall–Kier alpha value is -1.40. The first-order valence-electron chi connectivity index (χ1n) is 6.74. The number of carbonyl (C=O) groups is 1. The fourth-order valence-electron chi connectivity index (χ4n) is 1.64. The molecule has 0 bridgehead atoms. The van der Waals surface area contributed by atoms with Crippen molar-refractivity contribution in [3.63, 3.8) is 0 Å². The average molecular weight is 268 g/mol. The number of nitrogens with zero attached hydrogens (tertiary/aromatic N) is 2. The number of hydrogen-bond donors (Lipinski definition) is 2. The second kappa shape index (κ2) is 9.52. The number of rotatable bonds is 10. The third-order valence-corrected chi connectivity index (χ3v) is 2.73. The van der Waals surface area contributed by atoms with Gasteiger partial charge in [-0.3, -0.25) is 4.79 Å². The Morgan fingerprint density at radius 2 is 2.32 bits per heavy atom. The van der Waals surface area contributed by atoms with Crippen LogP contribution in [0.4, 0.5) is 0 Å². The summed E-state index contributed by atoms with van der Waals surface area (Å²) in [5.41, 5.74) is 0. The highest BCUT2D eigenvalue weighted by molar-refractivity contribution is 5.75. The van der Waals surface area contributed by atoms with Crippen molar-refractivity contribution in [2.75, 3.05) is 26.8 Å². The number of carbonyl (C=O) groups excluding carboxylic acids is 1. The van der Waals surface area contributed by atoms with Gasteiger partial charge < -0.3 is 19.9 Å². The molecule has 2 N–H and O–H groups in total. The van der Waals surface area contributed by atoms with E-state index in [9.17, 15) is 4.79 Å². The Morgan fingerprint density at radius 3 is 3.05 bits per heavy atom. The van der Waals surface area contributed by atoms with Crippen LogP contribution in [0.2, 0.25) is 0 Å². The summed E-state index contributed by atoms with van der Waals surface area (Å²) < 4.78 is 6.82. The number of unbranched alkanes of at least 4 members (excludes halogenated alkanes) is 1. The first-order chi connectivity index (χ1) is 9.27. The Labute approximate surface area is 114 Å². The van der Waals surface area contributed by atoms with Crippen LogP contribution in [0.25, 0.3) is 0 Å². The lowest BCUT2D eigenvalue weighted by molar-refractivity contribution is -0.121. The number of methoxy groups -OCH3 is 1. The van der Waals surface area contributed by atoms with Crippen LogP contribution in [0.5, 0.6) is 0 Å². The predicted molar refractivity (Wildman–Crippen MR) is 73.7 cm³/mol. The summed E-state index contributed by atoms with van der Waals surface area (Å²) in [7, 11) is 1.67. The second-order valence-corrected chi connectivity index (χ2v) is 4.34. The zero-order valence-corrected chi connectivity index (χ0v) is 11.8. The minimum absolute atomic E-state index is 0.0320. The molecule has 1 aromatic rings. The Kier molecular flexibility index (Phi) is 7.84. The Balaban J connectivity index is 2.33. The minimum Gasteiger partial charge on any atom is -0.383 e. The number of ether oxygens (including phenoxy) is 1. The molecule has 1 rings (SSSR count). The summed E-state index contributed by atoms with van der Waals surface area (Å²) in [5, 5.41) is 6.11. The van der Waals surface area contributed by atoms with Gasteiger partial charge in [0, 0.05) is 32.6 Å². The van der Waals surface area contributed by atoms with E-state index in [-0.39, 0.29) is 5.91 Å². The van der Waals surface area contributed by atoms with Crippen molar-refractivity contribution in [2.45, 2.75) is 32.9 Å². The third-order valence-electron chi connectivity index (χ3n) is 2.73. The topological polar surface area (TPSA) is 68.2 Å². The molecular formula is C13H24N4O2. The van der Waals surface area contributed by atoms with E-state index in [4.69, 9.17) is 4.74 Å². The van der Waals surface area contributed by atoms with E-state index >= 15 is 0 Å². The molecule has 0 aliphatic carbocycles. The normalized spacial score (nSPS) is 10.6. The summed E-state index contributed by atoms with van der Waals surface area (Å²) in [5.74, 6) is 0.895. The molecule has 0 aliphatic heterocycles. The van der Waals surface area contributed by atoms with Crippen LogP contribution in [0.1, 0.15) is 25.6 Å². The molecule has 0 spiro atoms. The third kappa shape index (κ3) is 6.35. The van der Waals surface area contributed by atoms with Crippen LogP contribution >= 0.6 is 0 Å². The van der Waals surface area contributed by atoms with Gasteiger partial charge in [-0.25, -0.2) is 4.98 Å². The quantitative estimate of drug-likeness (QED) is 0.608. The molecule has 1 amide bonds. The van der Waals surface area contributed by atoms with Gasteiger partial charge in [0.05, 0.1) is 13.2 Å². The van der Waals surface area contributed by atoms with Gasteiger partial charge in [-0.15, -0.1) is 0 Å². The highest BCUT2D eigenvalue weighted by Gasteiger charge is 2.06. The minimum atomic E-state index is 0.0320. The van der Waals surface area contributed by atoms with Crippen molar-refractivity contribution in [2.24, 2.45) is 0 Å². The van der Waals surface area contributed by atoms with Crippen LogP contribution in [0, 0.1) is 0 Å². The summed E-state index contributed by atoms with van der Waals surface area (Å²) in [6.07, 6.45) is 5.64. The molecule has 19 heavy (non-hydrogen) atoms. The van der Waals surface area contributed by atoms with Gasteiger partial charge in [0.2, 0.25) is 5.91 Å². The second-order valence-electron chi connectivity index (χ2n) is 4.34. The largest absolute Gasteiger partial charge is 0.383 e. The SMILES string of the molecule is CCCCNC(=O)Cn1ccnc1CNCCOC. The van der Waals surface area contributed by atoms with E-state index in [2.05, 4.69) is 22.5 Å². The fraction of sp³-hybridized carbons (Fsp3) is 0.692. The summed E-state index contributed by atoms with van der Waals surface area (Å²) >= 11 is 0. The molecule has 0 saturated carbocycles. The van der Waals surface area contributed by atoms with Crippen LogP contribution in [-0.2, 0) is 22.6 Å². The Bertz CT molecular complexity index is 365. The molecule has 0 atom stereocenters. The van der Waals surface area contributed by atoms with Crippen molar-refractivity contribution >= 4 is 5.91 Å². The molecular weight excluding hydrogens is 244 g/mol. The molecule has 0 aromatic carbocycles. The molecule has 0 aliphatic rings. The first-order valence-corrected chi connectivity index (χ1v) is 6.74. The number of imidazole rings is 1. The van der Waals surface area contributed by atoms with Crippen LogP contribution in [0.3, 0.4) is 0 Å². The lowest BCUT2D eigenvalue weighted by Gasteiger charge is -2.09. The summed E-state index contributed by atoms with van der Waals surface area (Å²) in [4.78, 5) is 16.0. The van der Waals surface area contributed by atoms with Crippen molar-refractivity contribution < 1.29 is 9.53 Å². The molecule has 1 aromatic heterocycles. The average Bonchev–Trinajstić information content (AvgIpc) is 2.82. The number of hydrogen-bond acceptors (Lipinski definition) is 4. The van der Waals surface area contributed by atoms with Crippen molar-refractivity contribution in [3.8, 4) is 0 Å². The maximum absolute atomic E-state index is 11.7. The molecule has 6 heteroatoms. The van der Waals surface area contributed by atoms with Gasteiger partial charge in [0.1, 0.15) is 12.4 Å². The van der Waals surface area contributed by atoms with E-state index in [1.807, 2.05) is 10.8 Å². The highest BCUT2D eigenvalue weighted by atomic mass is 16.5. The molecule has 108 valence electrons. The number of aromatic nitrogens is 2. The van der Waals surface area contributed by atoms with Crippen molar-refractivity contribution in [1.82, 2.24) is 20.2 Å². The van der Waals surface area contributed by atoms with E-state index in [1.54, 1.807) is 13.3 Å². The van der Waals surface area contributed by atoms with Crippen LogP contribution < -0.4 is 10.6 Å². The smallest absolute Gasteiger partial charge is 0.239 e. The molecule has 0 saturated heterocycles. The van der Waals surface area contributed by atoms with Crippen molar-refractivity contribution in [1.29, 1.82) is 0 Å². The van der Waals surface area contributed by atoms with Gasteiger partial charge in [-0.1, -0.05) is 13.3 Å². The van der Waals surface area contributed by atoms with E-state index in [0.717, 1.165) is 31.8 Å². The first kappa shape index (κ1) is 15.7. The molecule has 0 radical (unpaired) electrons. The number of nitrogens with one attached hydrogen (secondary N) is 2. The number of amides is 1. The van der Waals surface area contributed by atoms with E-state index < -0.39 is 0 Å². The zero-order chi connectivity index (χ0) is 13.9. The molecule has 1 heterocycles. The van der Waals surface area contributed by atoms with Gasteiger partial charge in [0.25, 0.3) is 0 Å². The molecule has 6 nitrogen and oxygen atoms in total. The zero-order valence-electron chi connectivity index (χ0n) is 11.8. The Morgan fingerprint density at radius 1 is 1.47 bits per heavy atom. The van der Waals surface area contributed by atoms with Crippen LogP contribution in [-0.4, -0.2) is 42.3 Å². The lowest BCUT2D eigenvalue weighted by Crippen LogP contribution is -2.29. The molecule has 0 unspecified atom stereocenters. The maximum Gasteiger partial charge on any atom is 0.239 e. The van der Waals surface area contributed by atoms with E-state index in [0.29, 0.717) is 19.7 Å². The summed E-state index contributed by atoms with van der Waals surface area (Å²) in [6.45, 7) is 5.24. The van der Waals surface area contributed by atoms with Gasteiger partial charge in [0.15, 0.2) is 0 Å². The monoisotopic (exact) mass is 268 g/mol. The summed E-state index contributed by atoms with van der Waals surface area (Å²) in [6, 6.07) is 0. The van der Waals surface area contributed by atoms with Crippen LogP contribution in [0.15, 0.2) is 12.4 Å². The van der Waals surface area contributed by atoms with E-state index in [1.165, 1.54) is 0 Å². The fourth-order valence-corrected chi connectivity index (χ4v) is 1.64. The van der Waals surface area contributed by atoms with Gasteiger partial charge >= 0.3 is 0 Å². The molecule has 0 fully saturated rings. The maximum atomic E-state index is 11.7. The highest BCUT2D eigenvalue weighted by Crippen LogP contribution is 1.97. The standard InChI is InChI=1S/C13H24N4O2/c1-3-4-5-16-13(18)11-17-8-6-15-12(17)10-14-7-9-19-2/h6,8,14H,3-5,7,9-11H2,1-2H3,(H,16,18).